The summed E-state index contributed by atoms with van der Waals surface area (Å²) in [6.45, 7) is 8.03. The first-order valence-corrected chi connectivity index (χ1v) is 13.4. The molecule has 1 fully saturated rings. The number of nitrogens with one attached hydrogen (secondary N) is 1. The number of sulfonamides is 1. The number of benzene rings is 2. The van der Waals surface area contributed by atoms with Gasteiger partial charge in [-0.15, -0.1) is 0 Å². The van der Waals surface area contributed by atoms with Gasteiger partial charge in [0.25, 0.3) is 0 Å². The number of aliphatic hydroxyl groups excluding tert-OH is 1. The van der Waals surface area contributed by atoms with Crippen LogP contribution in [0.3, 0.4) is 0 Å². The molecule has 1 aliphatic carbocycles. The molecule has 0 amide bonds. The molecular weight excluding hydrogens is 475 g/mol. The molecule has 0 spiro atoms. The molecule has 0 saturated heterocycles. The Bertz CT molecular complexity index is 869. The summed E-state index contributed by atoms with van der Waals surface area (Å²) < 4.78 is 28.5. The van der Waals surface area contributed by atoms with Gasteiger partial charge in [0.05, 0.1) is 4.90 Å². The largest absolute Gasteiger partial charge is 1.00 e. The molecule has 2 N–H and O–H groups in total. The zero-order valence-corrected chi connectivity index (χ0v) is 25.7. The molecular formula is C26H41KN2O4S. The van der Waals surface area contributed by atoms with Crippen molar-refractivity contribution in [3.8, 4) is 5.75 Å². The van der Waals surface area contributed by atoms with E-state index in [1.807, 2.05) is 45.0 Å². The van der Waals surface area contributed by atoms with Gasteiger partial charge >= 0.3 is 51.4 Å². The summed E-state index contributed by atoms with van der Waals surface area (Å²) in [6, 6.07) is 14.6. The van der Waals surface area contributed by atoms with Crippen molar-refractivity contribution in [3.63, 3.8) is 0 Å². The second kappa shape index (κ2) is 18.9. The van der Waals surface area contributed by atoms with Crippen molar-refractivity contribution in [1.29, 1.82) is 0 Å². The quantitative estimate of drug-likeness (QED) is 0.396. The molecule has 0 bridgehead atoms. The van der Waals surface area contributed by atoms with Crippen LogP contribution in [0, 0.1) is 12.8 Å². The maximum atomic E-state index is 12.9. The van der Waals surface area contributed by atoms with E-state index in [9.17, 15) is 8.42 Å². The fourth-order valence-corrected chi connectivity index (χ4v) is 4.85. The molecule has 8 heteroatoms. The van der Waals surface area contributed by atoms with Gasteiger partial charge in [0.2, 0.25) is 10.0 Å². The van der Waals surface area contributed by atoms with E-state index in [0.29, 0.717) is 18.1 Å². The van der Waals surface area contributed by atoms with E-state index >= 15 is 0 Å². The van der Waals surface area contributed by atoms with Crippen molar-refractivity contribution in [3.05, 3.63) is 65.1 Å². The van der Waals surface area contributed by atoms with Crippen LogP contribution in [0.2, 0.25) is 0 Å². The van der Waals surface area contributed by atoms with E-state index in [1.54, 1.807) is 24.3 Å². The Morgan fingerprint density at radius 3 is 2.09 bits per heavy atom. The predicted octanol–water partition coefficient (Wildman–Crippen LogP) is 3.14. The van der Waals surface area contributed by atoms with Crippen molar-refractivity contribution in [1.82, 2.24) is 4.72 Å². The van der Waals surface area contributed by atoms with Crippen LogP contribution in [-0.2, 0) is 16.4 Å². The number of rotatable bonds is 9. The van der Waals surface area contributed by atoms with Crippen LogP contribution in [-0.4, -0.2) is 26.8 Å². The third-order valence-corrected chi connectivity index (χ3v) is 7.00. The van der Waals surface area contributed by atoms with Crippen LogP contribution < -0.4 is 60.9 Å². The minimum absolute atomic E-state index is 0. The van der Waals surface area contributed by atoms with Crippen LogP contribution in [0.15, 0.2) is 53.4 Å². The Labute approximate surface area is 249 Å². The first kappa shape index (κ1) is 33.7. The fourth-order valence-electron chi connectivity index (χ4n) is 3.73. The van der Waals surface area contributed by atoms with Gasteiger partial charge in [0, 0.05) is 7.11 Å². The second-order valence-corrected chi connectivity index (χ2v) is 9.60. The topological polar surface area (TPSA) is 89.7 Å². The molecule has 2 aromatic rings. The normalized spacial score (nSPS) is 14.4. The minimum atomic E-state index is -3.67. The summed E-state index contributed by atoms with van der Waals surface area (Å²) in [6.07, 6.45) is 6.87. The monoisotopic (exact) mass is 516 g/mol. The molecule has 1 saturated carbocycles. The summed E-state index contributed by atoms with van der Waals surface area (Å²) >= 11 is 0. The molecule has 1 atom stereocenters. The predicted molar refractivity (Wildman–Crippen MR) is 136 cm³/mol. The van der Waals surface area contributed by atoms with E-state index in [-0.39, 0.29) is 56.3 Å². The van der Waals surface area contributed by atoms with Crippen LogP contribution >= 0.6 is 0 Å². The van der Waals surface area contributed by atoms with Crippen molar-refractivity contribution in [2.24, 2.45) is 5.92 Å². The standard InChI is InChI=1S/C23H31N2O3S.C2H6.CH4O.K/c1-3-19-11-13-21(14-12-19)28-24-23(17-20-7-5-4-6-8-20)25-29(26,27)22-15-9-18(2)10-16-22;2*1-2;/h9-16,20,23,25H,3-8,17H2,1-2H3;1-2H3;2H,1H3;/q-1;;;+1. The molecule has 2 aromatic carbocycles. The van der Waals surface area contributed by atoms with E-state index in [1.165, 1.54) is 24.8 Å². The Kier molecular flexibility index (Phi) is 18.7. The van der Waals surface area contributed by atoms with Crippen LogP contribution in [0.1, 0.15) is 70.4 Å². The van der Waals surface area contributed by atoms with Gasteiger partial charge in [0.1, 0.15) is 5.75 Å². The number of hydrogen-bond acceptors (Lipinski definition) is 4. The first-order valence-electron chi connectivity index (χ1n) is 12.0. The third kappa shape index (κ3) is 12.1. The Hall–Kier alpha value is -0.294. The number of hydrogen-bond donors (Lipinski definition) is 2. The molecule has 3 rings (SSSR count). The van der Waals surface area contributed by atoms with Gasteiger partial charge in [-0.25, -0.2) is 13.1 Å². The fraction of sp³-hybridized carbons (Fsp3) is 0.538. The van der Waals surface area contributed by atoms with Gasteiger partial charge in [-0.05, 0) is 55.3 Å². The maximum absolute atomic E-state index is 12.9. The smallest absolute Gasteiger partial charge is 0.586 e. The summed E-state index contributed by atoms with van der Waals surface area (Å²) in [5.41, 5.74) is 6.52. The first-order chi connectivity index (χ1) is 16.0. The maximum Gasteiger partial charge on any atom is 1.00 e. The molecule has 1 unspecified atom stereocenters. The molecule has 34 heavy (non-hydrogen) atoms. The summed E-state index contributed by atoms with van der Waals surface area (Å²) in [5.74, 6) is 1.08. The van der Waals surface area contributed by atoms with Crippen LogP contribution in [0.5, 0.6) is 5.75 Å². The van der Waals surface area contributed by atoms with E-state index in [0.717, 1.165) is 31.9 Å². The number of aliphatic hydroxyl groups is 1. The summed E-state index contributed by atoms with van der Waals surface area (Å²) in [7, 11) is -2.67. The van der Waals surface area contributed by atoms with E-state index < -0.39 is 16.2 Å². The average Bonchev–Trinajstić information content (AvgIpc) is 2.86. The Morgan fingerprint density at radius 1 is 1.00 bits per heavy atom. The van der Waals surface area contributed by atoms with Gasteiger partial charge in [-0.3, -0.25) is 0 Å². The summed E-state index contributed by atoms with van der Waals surface area (Å²) in [5, 5.41) is 7.00. The second-order valence-electron chi connectivity index (χ2n) is 7.88. The molecule has 1 aliphatic rings. The third-order valence-electron chi connectivity index (χ3n) is 5.52. The van der Waals surface area contributed by atoms with Gasteiger partial charge in [-0.1, -0.05) is 89.1 Å². The van der Waals surface area contributed by atoms with Crippen LogP contribution in [0.4, 0.5) is 0 Å². The van der Waals surface area contributed by atoms with E-state index in [2.05, 4.69) is 17.1 Å². The zero-order chi connectivity index (χ0) is 24.7. The van der Waals surface area contributed by atoms with Crippen molar-refractivity contribution in [2.75, 3.05) is 7.11 Å². The molecule has 0 radical (unpaired) electrons. The minimum Gasteiger partial charge on any atom is -0.586 e. The SMILES string of the molecule is CC.CCc1ccc(O[N-]C(CC2CCCCC2)NS(=O)(=O)c2ccc(C)cc2)cc1.CO.[K+]. The molecule has 6 nitrogen and oxygen atoms in total. The molecule has 0 aliphatic heterocycles. The molecule has 186 valence electrons. The van der Waals surface area contributed by atoms with Gasteiger partial charge < -0.3 is 15.4 Å². The zero-order valence-electron chi connectivity index (χ0n) is 21.8. The van der Waals surface area contributed by atoms with E-state index in [4.69, 9.17) is 9.94 Å². The van der Waals surface area contributed by atoms with Crippen LogP contribution in [0.25, 0.3) is 5.48 Å². The average molecular weight is 517 g/mol. The van der Waals surface area contributed by atoms with Crippen molar-refractivity contribution < 1.29 is 69.7 Å². The molecule has 0 heterocycles. The molecule has 0 aromatic heterocycles. The number of hydroxylamine groups is 1. The number of nitrogens with zero attached hydrogens (tertiary/aromatic N) is 1. The Morgan fingerprint density at radius 2 is 1.56 bits per heavy atom. The van der Waals surface area contributed by atoms with Crippen molar-refractivity contribution in [2.45, 2.75) is 83.7 Å². The number of aryl methyl sites for hydroxylation is 2. The van der Waals surface area contributed by atoms with Crippen molar-refractivity contribution >= 4 is 10.0 Å². The Balaban J connectivity index is 0.00000207. The van der Waals surface area contributed by atoms with Gasteiger partial charge in [-0.2, -0.15) is 0 Å². The summed E-state index contributed by atoms with van der Waals surface area (Å²) in [4.78, 5) is 5.86. The van der Waals surface area contributed by atoms with Gasteiger partial charge in [0.15, 0.2) is 0 Å².